The Morgan fingerprint density at radius 1 is 0.224 bits per heavy atom. The zero-order chi connectivity index (χ0) is 102. The molecule has 730 valence electrons. The van der Waals surface area contributed by atoms with Crippen LogP contribution >= 0.6 is 11.8 Å². The Labute approximate surface area is 878 Å². The second kappa shape index (κ2) is 52.7. The lowest BCUT2D eigenvalue weighted by Gasteiger charge is -2.31. The molecule has 0 N–H and O–H groups in total. The topological polar surface area (TPSA) is 9.23 Å². The highest BCUT2D eigenvalue weighted by atomic mass is 32.2. The molecule has 3 aliphatic carbocycles. The van der Waals surface area contributed by atoms with Crippen molar-refractivity contribution in [3.63, 3.8) is 0 Å². The van der Waals surface area contributed by atoms with Crippen LogP contribution in [0.15, 0.2) is 542 Å². The lowest BCUT2D eigenvalue weighted by molar-refractivity contribution is 0.482. The number of allylic oxidation sites excluding steroid dienone is 12. The number of hydrogen-bond acceptors (Lipinski definition) is 2. The number of para-hydroxylation sites is 1. The summed E-state index contributed by atoms with van der Waals surface area (Å²) in [6.07, 6.45) is 28.7. The predicted molar refractivity (Wildman–Crippen MR) is 641 cm³/mol. The second-order valence-corrected chi connectivity index (χ2v) is 39.3. The van der Waals surface area contributed by atoms with Gasteiger partial charge < -0.3 is 4.74 Å². The minimum Gasteiger partial charge on any atom is -0.457 e. The SMILES string of the molecule is CCC1=CC=C2C=CC=C3C=CC=C1[C@H]32.CCc1ccc(-c2ccccc2)cc1.CCc1ccc(C(C)(C)c2ccccc2)cc1.CCc1ccc(Cc2ccccc2)cc1.CCc1ccc(Oc2ccccc2)cc1.CCc1ccc(Sc2ccccc2)cc1.CCc1ccc2c3ccccc3c3ccccc3c2c1.CCc1ccc2cc3cc4ccccc4cc3cc2c1.CCc1cccc2c1ccc1ccccc12. The summed E-state index contributed by atoms with van der Waals surface area (Å²) < 4.78 is 5.68. The number of rotatable bonds is 18. The summed E-state index contributed by atoms with van der Waals surface area (Å²) in [5, 5.41) is 21.5. The van der Waals surface area contributed by atoms with Gasteiger partial charge in [0.1, 0.15) is 11.5 Å². The van der Waals surface area contributed by atoms with Gasteiger partial charge in [0.15, 0.2) is 0 Å². The molecule has 21 aromatic rings. The first kappa shape index (κ1) is 104. The third kappa shape index (κ3) is 27.7. The number of ether oxygens (including phenoxy) is 1. The van der Waals surface area contributed by atoms with E-state index in [1.54, 1.807) is 11.8 Å². The summed E-state index contributed by atoms with van der Waals surface area (Å²) in [6.45, 7) is 24.3. The maximum atomic E-state index is 5.68. The van der Waals surface area contributed by atoms with E-state index in [0.717, 1.165) is 75.7 Å². The van der Waals surface area contributed by atoms with Crippen molar-refractivity contribution < 1.29 is 4.74 Å². The van der Waals surface area contributed by atoms with E-state index in [4.69, 9.17) is 4.74 Å². The van der Waals surface area contributed by atoms with Crippen LogP contribution in [0.2, 0.25) is 0 Å². The van der Waals surface area contributed by atoms with Gasteiger partial charge in [0, 0.05) is 21.1 Å². The minimum atomic E-state index is 0.0769. The lowest BCUT2D eigenvalue weighted by atomic mass is 9.73. The van der Waals surface area contributed by atoms with Gasteiger partial charge in [0.2, 0.25) is 0 Å². The molecule has 2 heteroatoms. The maximum Gasteiger partial charge on any atom is 0.127 e. The molecule has 0 spiro atoms. The third-order valence-electron chi connectivity index (χ3n) is 28.3. The Balaban J connectivity index is 0.000000118. The van der Waals surface area contributed by atoms with Crippen LogP contribution in [0.4, 0.5) is 0 Å². The van der Waals surface area contributed by atoms with Crippen molar-refractivity contribution >= 4 is 97.9 Å². The van der Waals surface area contributed by atoms with Crippen molar-refractivity contribution in [3.05, 3.63) is 599 Å². The fourth-order valence-electron chi connectivity index (χ4n) is 19.4. The lowest BCUT2D eigenvalue weighted by Crippen LogP contribution is -2.18. The molecule has 21 aromatic carbocycles. The van der Waals surface area contributed by atoms with Gasteiger partial charge in [-0.25, -0.2) is 0 Å². The second-order valence-electron chi connectivity index (χ2n) is 38.2. The first-order valence-electron chi connectivity index (χ1n) is 53.0. The van der Waals surface area contributed by atoms with Crippen LogP contribution in [0.5, 0.6) is 11.5 Å². The molecule has 1 atom stereocenters. The van der Waals surface area contributed by atoms with Gasteiger partial charge in [0.25, 0.3) is 0 Å². The molecule has 0 unspecified atom stereocenters. The van der Waals surface area contributed by atoms with E-state index in [-0.39, 0.29) is 5.41 Å². The van der Waals surface area contributed by atoms with Gasteiger partial charge in [-0.2, -0.15) is 0 Å². The highest BCUT2D eigenvalue weighted by Gasteiger charge is 2.28. The van der Waals surface area contributed by atoms with E-state index in [2.05, 4.69) is 531 Å². The molecule has 1 nitrogen and oxygen atoms in total. The van der Waals surface area contributed by atoms with Crippen LogP contribution in [0, 0.1) is 5.92 Å². The molecule has 0 amide bonds. The number of benzene rings is 21. The van der Waals surface area contributed by atoms with Crippen molar-refractivity contribution in [1.29, 1.82) is 0 Å². The fraction of sp³-hybridized carbons (Fsp3) is 0.159. The first-order valence-corrected chi connectivity index (χ1v) is 53.8. The Hall–Kier alpha value is -15.7. The Bertz CT molecular complexity index is 7810. The molecule has 0 fully saturated rings. The van der Waals surface area contributed by atoms with E-state index in [1.165, 1.54) is 196 Å². The third-order valence-corrected chi connectivity index (χ3v) is 29.3. The van der Waals surface area contributed by atoms with Crippen molar-refractivity contribution in [1.82, 2.24) is 0 Å². The zero-order valence-electron chi connectivity index (χ0n) is 87.5. The molecular weight excluding hydrogens is 1790 g/mol. The van der Waals surface area contributed by atoms with Gasteiger partial charge >= 0.3 is 0 Å². The van der Waals surface area contributed by atoms with E-state index in [9.17, 15) is 0 Å². The summed E-state index contributed by atoms with van der Waals surface area (Å²) >= 11 is 1.81. The fourth-order valence-corrected chi connectivity index (χ4v) is 20.3. The molecule has 3 aliphatic rings. The predicted octanol–water partition coefficient (Wildman–Crippen LogP) is 40.6. The maximum absolute atomic E-state index is 5.68. The monoisotopic (exact) mass is 1930 g/mol. The Kier molecular flexibility index (Phi) is 37.3. The average molecular weight is 1930 g/mol. The van der Waals surface area contributed by atoms with Gasteiger partial charge in [-0.1, -0.05) is 525 Å². The van der Waals surface area contributed by atoms with Crippen molar-refractivity contribution in [2.75, 3.05) is 0 Å². The van der Waals surface area contributed by atoms with E-state index in [0.29, 0.717) is 5.92 Å². The molecule has 0 saturated heterocycles. The van der Waals surface area contributed by atoms with Gasteiger partial charge in [-0.3, -0.25) is 0 Å². The van der Waals surface area contributed by atoms with Gasteiger partial charge in [-0.05, 0) is 323 Å². The molecule has 0 aliphatic heterocycles. The normalized spacial score (nSPS) is 12.4. The van der Waals surface area contributed by atoms with Gasteiger partial charge in [-0.15, -0.1) is 0 Å². The van der Waals surface area contributed by atoms with Crippen LogP contribution in [-0.2, 0) is 63.2 Å². The molecule has 0 saturated carbocycles. The van der Waals surface area contributed by atoms with Crippen LogP contribution < -0.4 is 4.74 Å². The summed E-state index contributed by atoms with van der Waals surface area (Å²) in [4.78, 5) is 2.60. The van der Waals surface area contributed by atoms with Crippen LogP contribution in [0.25, 0.3) is 97.3 Å². The van der Waals surface area contributed by atoms with E-state index in [1.807, 2.05) is 54.6 Å². The highest BCUT2D eigenvalue weighted by Crippen LogP contribution is 2.44. The van der Waals surface area contributed by atoms with E-state index < -0.39 is 0 Å². The summed E-state index contributed by atoms with van der Waals surface area (Å²) in [5.41, 5.74) is 25.2. The zero-order valence-corrected chi connectivity index (χ0v) is 88.3. The standard InChI is InChI=1S/2C20H16.C17H20.C16H14.C15H14.C15H16.C14H14O.C14H14S.C14H14/c1-2-14-11-12-19-17-9-4-3-7-15(17)16-8-5-6-10-18(16)20(19)13-14;1-2-14-7-8-17-12-19-10-15-5-3-4-6-16(15)11-20(19)13-18(17)9-14;1-4-14-10-12-16(13-11-14)17(2,3)15-8-6-5-7-9-15;1-2-12-7-5-9-16-14-8-4-3-6-13(14)10-11-15(12)16;1-2-11-9-10-13-6-3-5-12-7-4-8-14(11)15(12)13;1-2-13-8-10-15(11-9-13)12-14-6-4-3-5-7-14;2*1-2-12-8-10-14(11-9-12)15-13-6-4-3-5-7-13;1-2-12-8-10-14(11-9-12)13-6-4-3-5-7-13/h2*3-13H,2H2,1H3;5-13H,4H2,1-3H3;3-11H,2H2,1H3;3-10,15H,2H2,1H3;3-11H,2,12H2,1H3;2*3-11H,2H2,1H3;3-11H,2H2,1H3/t;;;;15-;;;;/m....1..../s1. The minimum absolute atomic E-state index is 0.0769. The average Bonchev–Trinajstić information content (AvgIpc) is 0.750. The van der Waals surface area contributed by atoms with Crippen molar-refractivity contribution in [2.24, 2.45) is 5.92 Å². The Morgan fingerprint density at radius 3 is 1.14 bits per heavy atom. The van der Waals surface area contributed by atoms with Gasteiger partial charge in [0.05, 0.1) is 0 Å². The Morgan fingerprint density at radius 2 is 0.585 bits per heavy atom. The van der Waals surface area contributed by atoms with Crippen molar-refractivity contribution in [2.45, 2.75) is 156 Å². The number of aryl methyl sites for hydroxylation is 8. The summed E-state index contributed by atoms with van der Waals surface area (Å²) in [7, 11) is 0. The number of fused-ring (bicyclic) bond motifs is 12. The smallest absolute Gasteiger partial charge is 0.127 e. The summed E-state index contributed by atoms with van der Waals surface area (Å²) in [6, 6.07) is 164. The molecule has 24 rings (SSSR count). The molecular formula is C145H138OS. The quantitative estimate of drug-likeness (QED) is 0.0625. The highest BCUT2D eigenvalue weighted by molar-refractivity contribution is 7.99. The largest absolute Gasteiger partial charge is 0.457 e. The van der Waals surface area contributed by atoms with Crippen molar-refractivity contribution in [3.8, 4) is 22.6 Å². The molecule has 147 heavy (non-hydrogen) atoms. The molecule has 0 radical (unpaired) electrons. The molecule has 0 heterocycles. The molecule has 0 bridgehead atoms. The summed E-state index contributed by atoms with van der Waals surface area (Å²) in [5.74, 6) is 2.28. The van der Waals surface area contributed by atoms with Crippen LogP contribution in [-0.4, -0.2) is 0 Å². The van der Waals surface area contributed by atoms with Crippen LogP contribution in [0.3, 0.4) is 0 Å². The first-order chi connectivity index (χ1) is 72.2. The molecule has 0 aromatic heterocycles. The number of hydrogen-bond donors (Lipinski definition) is 0. The van der Waals surface area contributed by atoms with Crippen LogP contribution in [0.1, 0.15) is 149 Å². The van der Waals surface area contributed by atoms with E-state index >= 15 is 0 Å².